The Bertz CT molecular complexity index is 222. The molecule has 0 aliphatic heterocycles. The van der Waals surface area contributed by atoms with Crippen LogP contribution in [-0.4, -0.2) is 11.9 Å². The Labute approximate surface area is 73.0 Å². The van der Waals surface area contributed by atoms with Crippen LogP contribution in [0.15, 0.2) is 12.2 Å². The normalized spacial score (nSPS) is 38.2. The lowest BCUT2D eigenvalue weighted by molar-refractivity contribution is -0.119. The Hall–Kier alpha value is -0.790. The van der Waals surface area contributed by atoms with Crippen LogP contribution in [-0.2, 0) is 4.79 Å². The van der Waals surface area contributed by atoms with Crippen LogP contribution < -0.4 is 5.32 Å². The second-order valence-corrected chi connectivity index (χ2v) is 3.88. The van der Waals surface area contributed by atoms with Gasteiger partial charge in [0.1, 0.15) is 0 Å². The van der Waals surface area contributed by atoms with E-state index < -0.39 is 0 Å². The van der Waals surface area contributed by atoms with Crippen LogP contribution in [0.3, 0.4) is 0 Å². The van der Waals surface area contributed by atoms with Crippen LogP contribution in [0, 0.1) is 11.8 Å². The maximum Gasteiger partial charge on any atom is 0.217 e. The van der Waals surface area contributed by atoms with E-state index in [1.807, 2.05) is 0 Å². The molecule has 2 nitrogen and oxygen atoms in total. The average Bonchev–Trinajstić information content (AvgIpc) is 2.52. The van der Waals surface area contributed by atoms with Gasteiger partial charge >= 0.3 is 0 Å². The highest BCUT2D eigenvalue weighted by Gasteiger charge is 2.36. The van der Waals surface area contributed by atoms with E-state index in [2.05, 4.69) is 17.5 Å². The number of carbonyl (C=O) groups is 1. The molecule has 66 valence electrons. The van der Waals surface area contributed by atoms with E-state index in [1.54, 1.807) is 6.92 Å². The highest BCUT2D eigenvalue weighted by molar-refractivity contribution is 5.73. The van der Waals surface area contributed by atoms with Crippen molar-refractivity contribution in [3.05, 3.63) is 12.2 Å². The number of hydrogen-bond acceptors (Lipinski definition) is 1. The molecule has 2 aliphatic carbocycles. The summed E-state index contributed by atoms with van der Waals surface area (Å²) in [6, 6.07) is 0.447. The summed E-state index contributed by atoms with van der Waals surface area (Å²) in [7, 11) is 0. The van der Waals surface area contributed by atoms with E-state index in [1.165, 1.54) is 12.8 Å². The first-order valence-corrected chi connectivity index (χ1v) is 4.71. The number of rotatable bonds is 1. The van der Waals surface area contributed by atoms with Gasteiger partial charge in [-0.3, -0.25) is 4.79 Å². The third kappa shape index (κ3) is 1.26. The number of nitrogens with one attached hydrogen (secondary N) is 1. The molecule has 0 radical (unpaired) electrons. The first-order chi connectivity index (χ1) is 5.77. The quantitative estimate of drug-likeness (QED) is 0.586. The van der Waals surface area contributed by atoms with Crippen molar-refractivity contribution in [3.8, 4) is 0 Å². The summed E-state index contributed by atoms with van der Waals surface area (Å²) in [6.45, 7) is 1.61. The Kier molecular flexibility index (Phi) is 1.91. The van der Waals surface area contributed by atoms with Crippen LogP contribution >= 0.6 is 0 Å². The molecule has 2 rings (SSSR count). The molecule has 3 atom stereocenters. The lowest BCUT2D eigenvalue weighted by Crippen LogP contribution is -2.36. The van der Waals surface area contributed by atoms with Crippen LogP contribution in [0.1, 0.15) is 26.2 Å². The van der Waals surface area contributed by atoms with Gasteiger partial charge in [0.25, 0.3) is 0 Å². The summed E-state index contributed by atoms with van der Waals surface area (Å²) in [5, 5.41) is 3.03. The second kappa shape index (κ2) is 2.92. The Morgan fingerprint density at radius 3 is 3.08 bits per heavy atom. The molecule has 0 aromatic rings. The minimum Gasteiger partial charge on any atom is -0.353 e. The van der Waals surface area contributed by atoms with Gasteiger partial charge in [-0.25, -0.2) is 0 Å². The van der Waals surface area contributed by atoms with Crippen LogP contribution in [0.2, 0.25) is 0 Å². The molecule has 1 N–H and O–H groups in total. The van der Waals surface area contributed by atoms with E-state index in [9.17, 15) is 4.79 Å². The first-order valence-electron chi connectivity index (χ1n) is 4.71. The van der Waals surface area contributed by atoms with Gasteiger partial charge in [0.05, 0.1) is 0 Å². The van der Waals surface area contributed by atoms with Crippen molar-refractivity contribution in [2.75, 3.05) is 0 Å². The monoisotopic (exact) mass is 165 g/mol. The van der Waals surface area contributed by atoms with Crippen molar-refractivity contribution in [2.24, 2.45) is 11.8 Å². The smallest absolute Gasteiger partial charge is 0.217 e. The van der Waals surface area contributed by atoms with Gasteiger partial charge in [-0.05, 0) is 31.1 Å². The largest absolute Gasteiger partial charge is 0.353 e. The number of allylic oxidation sites excluding steroid dienone is 2. The van der Waals surface area contributed by atoms with Crippen LogP contribution in [0.5, 0.6) is 0 Å². The van der Waals surface area contributed by atoms with Crippen LogP contribution in [0.4, 0.5) is 0 Å². The van der Waals surface area contributed by atoms with E-state index in [4.69, 9.17) is 0 Å². The molecule has 12 heavy (non-hydrogen) atoms. The number of carbonyl (C=O) groups excluding carboxylic acids is 1. The minimum absolute atomic E-state index is 0.118. The number of fused-ring (bicyclic) bond motifs is 1. The fourth-order valence-corrected chi connectivity index (χ4v) is 2.53. The van der Waals surface area contributed by atoms with E-state index in [0.29, 0.717) is 12.0 Å². The van der Waals surface area contributed by atoms with E-state index in [0.717, 1.165) is 12.3 Å². The van der Waals surface area contributed by atoms with E-state index in [-0.39, 0.29) is 5.91 Å². The Balaban J connectivity index is 1.97. The number of amides is 1. The summed E-state index contributed by atoms with van der Waals surface area (Å²) >= 11 is 0. The summed E-state index contributed by atoms with van der Waals surface area (Å²) in [5.74, 6) is 1.57. The fraction of sp³-hybridized carbons (Fsp3) is 0.700. The lowest BCUT2D eigenvalue weighted by atomic mass is 9.97. The summed E-state index contributed by atoms with van der Waals surface area (Å²) in [5.41, 5.74) is 0. The molecular formula is C10H15NO. The molecule has 0 saturated heterocycles. The van der Waals surface area contributed by atoms with Gasteiger partial charge in [0.2, 0.25) is 5.91 Å². The molecule has 1 amide bonds. The Morgan fingerprint density at radius 1 is 1.50 bits per heavy atom. The van der Waals surface area contributed by atoms with Gasteiger partial charge in [-0.2, -0.15) is 0 Å². The first kappa shape index (κ1) is 7.84. The van der Waals surface area contributed by atoms with Gasteiger partial charge in [-0.1, -0.05) is 12.2 Å². The molecule has 0 aromatic carbocycles. The highest BCUT2D eigenvalue weighted by Crippen LogP contribution is 2.39. The zero-order valence-corrected chi connectivity index (χ0v) is 7.42. The van der Waals surface area contributed by atoms with Gasteiger partial charge in [0, 0.05) is 13.0 Å². The molecule has 0 spiro atoms. The molecule has 2 heteroatoms. The lowest BCUT2D eigenvalue weighted by Gasteiger charge is -2.18. The van der Waals surface area contributed by atoms with Crippen molar-refractivity contribution in [3.63, 3.8) is 0 Å². The second-order valence-electron chi connectivity index (χ2n) is 3.88. The molecular weight excluding hydrogens is 150 g/mol. The standard InChI is InChI=1S/C10H15NO/c1-7(12)11-10-6-5-8-3-2-4-9(8)10/h2-3,8-10H,4-6H2,1H3,(H,11,12). The molecule has 1 saturated carbocycles. The molecule has 1 fully saturated rings. The zero-order valence-electron chi connectivity index (χ0n) is 7.42. The van der Waals surface area contributed by atoms with Gasteiger partial charge in [-0.15, -0.1) is 0 Å². The van der Waals surface area contributed by atoms with Crippen molar-refractivity contribution in [1.82, 2.24) is 5.32 Å². The topological polar surface area (TPSA) is 29.1 Å². The van der Waals surface area contributed by atoms with Crippen molar-refractivity contribution < 1.29 is 4.79 Å². The Morgan fingerprint density at radius 2 is 2.33 bits per heavy atom. The van der Waals surface area contributed by atoms with Crippen molar-refractivity contribution >= 4 is 5.91 Å². The van der Waals surface area contributed by atoms with Crippen molar-refractivity contribution in [1.29, 1.82) is 0 Å². The molecule has 3 unspecified atom stereocenters. The third-order valence-corrected chi connectivity index (χ3v) is 3.06. The maximum atomic E-state index is 10.9. The summed E-state index contributed by atoms with van der Waals surface area (Å²) in [6.07, 6.45) is 8.15. The third-order valence-electron chi connectivity index (χ3n) is 3.06. The molecule has 2 aliphatic rings. The molecule has 0 heterocycles. The minimum atomic E-state index is 0.118. The SMILES string of the molecule is CC(=O)NC1CCC2C=CCC21. The van der Waals surface area contributed by atoms with E-state index >= 15 is 0 Å². The maximum absolute atomic E-state index is 10.9. The molecule has 0 aromatic heterocycles. The van der Waals surface area contributed by atoms with Crippen LogP contribution in [0.25, 0.3) is 0 Å². The number of hydrogen-bond donors (Lipinski definition) is 1. The molecule has 0 bridgehead atoms. The highest BCUT2D eigenvalue weighted by atomic mass is 16.1. The summed E-state index contributed by atoms with van der Waals surface area (Å²) < 4.78 is 0. The predicted molar refractivity (Wildman–Crippen MR) is 47.6 cm³/mol. The zero-order chi connectivity index (χ0) is 8.55. The van der Waals surface area contributed by atoms with Crippen molar-refractivity contribution in [2.45, 2.75) is 32.2 Å². The predicted octanol–water partition coefficient (Wildman–Crippen LogP) is 1.48. The average molecular weight is 165 g/mol. The summed E-state index contributed by atoms with van der Waals surface area (Å²) in [4.78, 5) is 10.9. The van der Waals surface area contributed by atoms with Gasteiger partial charge < -0.3 is 5.32 Å². The van der Waals surface area contributed by atoms with Gasteiger partial charge in [0.15, 0.2) is 0 Å². The fourth-order valence-electron chi connectivity index (χ4n) is 2.53.